The van der Waals surface area contributed by atoms with Crippen LogP contribution in [0.1, 0.15) is 28.8 Å². The van der Waals surface area contributed by atoms with Crippen LogP contribution in [0.15, 0.2) is 84.0 Å². The van der Waals surface area contributed by atoms with Crippen LogP contribution in [0.2, 0.25) is 0 Å². The Morgan fingerprint density at radius 3 is 2.24 bits per heavy atom. The number of hydrogen-bond donors (Lipinski definition) is 3. The lowest BCUT2D eigenvalue weighted by atomic mass is 10.0. The second kappa shape index (κ2) is 9.83. The maximum Gasteiger partial charge on any atom is 0.261 e. The van der Waals surface area contributed by atoms with E-state index < -0.39 is 22.0 Å². The molecule has 2 aromatic carbocycles. The Hall–Kier alpha value is -3.72. The van der Waals surface area contributed by atoms with Crippen molar-refractivity contribution in [2.45, 2.75) is 36.2 Å². The number of amides is 2. The molecule has 9 heteroatoms. The van der Waals surface area contributed by atoms with Gasteiger partial charge in [0, 0.05) is 30.4 Å². The van der Waals surface area contributed by atoms with Crippen molar-refractivity contribution in [1.82, 2.24) is 15.6 Å². The van der Waals surface area contributed by atoms with Crippen LogP contribution in [0.5, 0.6) is 0 Å². The largest absolute Gasteiger partial charge is 0.352 e. The Morgan fingerprint density at radius 2 is 1.61 bits per heavy atom. The van der Waals surface area contributed by atoms with E-state index in [0.29, 0.717) is 12.1 Å². The van der Waals surface area contributed by atoms with Crippen LogP contribution in [-0.4, -0.2) is 37.3 Å². The summed E-state index contributed by atoms with van der Waals surface area (Å²) in [7, 11) is -3.81. The molecule has 0 saturated heterocycles. The number of sulfonamides is 1. The van der Waals surface area contributed by atoms with E-state index in [1.807, 2.05) is 30.3 Å². The number of aromatic nitrogens is 1. The van der Waals surface area contributed by atoms with Crippen LogP contribution in [0.25, 0.3) is 0 Å². The first-order valence-corrected chi connectivity index (χ1v) is 12.1. The maximum atomic E-state index is 12.8. The molecule has 1 aliphatic carbocycles. The fourth-order valence-corrected chi connectivity index (χ4v) is 4.31. The van der Waals surface area contributed by atoms with E-state index in [4.69, 9.17) is 0 Å². The molecule has 2 amide bonds. The highest BCUT2D eigenvalue weighted by Crippen LogP contribution is 2.19. The van der Waals surface area contributed by atoms with Gasteiger partial charge in [-0.1, -0.05) is 30.3 Å². The summed E-state index contributed by atoms with van der Waals surface area (Å²) in [6.45, 7) is 0. The number of carbonyl (C=O) groups is 2. The van der Waals surface area contributed by atoms with Gasteiger partial charge in [0.25, 0.3) is 15.9 Å². The highest BCUT2D eigenvalue weighted by atomic mass is 32.2. The molecule has 1 heterocycles. The van der Waals surface area contributed by atoms with E-state index >= 15 is 0 Å². The molecule has 0 radical (unpaired) electrons. The minimum absolute atomic E-state index is 0.0168. The van der Waals surface area contributed by atoms with Crippen molar-refractivity contribution < 1.29 is 18.0 Å². The molecule has 1 unspecified atom stereocenters. The van der Waals surface area contributed by atoms with Crippen molar-refractivity contribution in [3.8, 4) is 0 Å². The maximum absolute atomic E-state index is 12.8. The van der Waals surface area contributed by atoms with Crippen LogP contribution in [0, 0.1) is 0 Å². The van der Waals surface area contributed by atoms with Gasteiger partial charge in [0.05, 0.1) is 10.6 Å². The molecule has 1 saturated carbocycles. The molecule has 170 valence electrons. The third kappa shape index (κ3) is 6.17. The highest BCUT2D eigenvalue weighted by Gasteiger charge is 2.29. The minimum atomic E-state index is -3.81. The number of carbonyl (C=O) groups excluding carboxylic acids is 2. The van der Waals surface area contributed by atoms with Gasteiger partial charge in [0.2, 0.25) is 5.91 Å². The monoisotopic (exact) mass is 464 g/mol. The third-order valence-electron chi connectivity index (χ3n) is 5.19. The predicted molar refractivity (Wildman–Crippen MR) is 124 cm³/mol. The fraction of sp³-hybridized carbons (Fsp3) is 0.208. The average Bonchev–Trinajstić information content (AvgIpc) is 3.64. The van der Waals surface area contributed by atoms with Crippen molar-refractivity contribution in [3.63, 3.8) is 0 Å². The number of nitrogens with zero attached hydrogens (tertiary/aromatic N) is 1. The van der Waals surface area contributed by atoms with Crippen LogP contribution >= 0.6 is 0 Å². The van der Waals surface area contributed by atoms with E-state index in [9.17, 15) is 18.0 Å². The zero-order valence-corrected chi connectivity index (χ0v) is 18.6. The topological polar surface area (TPSA) is 117 Å². The molecule has 1 fully saturated rings. The average molecular weight is 465 g/mol. The van der Waals surface area contributed by atoms with Crippen molar-refractivity contribution in [1.29, 1.82) is 0 Å². The lowest BCUT2D eigenvalue weighted by Crippen LogP contribution is -2.48. The summed E-state index contributed by atoms with van der Waals surface area (Å²) < 4.78 is 27.6. The summed E-state index contributed by atoms with van der Waals surface area (Å²) in [4.78, 5) is 29.4. The molecule has 0 spiro atoms. The lowest BCUT2D eigenvalue weighted by Gasteiger charge is -2.19. The standard InChI is InChI=1S/C24H24N4O4S/c29-23(27-22(24(30)26-19-8-9-19)16-17-4-2-1-3-5-17)18-6-10-21(11-7-18)33(31,32)28-20-12-14-25-15-13-20/h1-7,10-15,19,22H,8-9,16H2,(H,25,28)(H,26,30)(H,27,29). The first-order chi connectivity index (χ1) is 15.9. The fourth-order valence-electron chi connectivity index (χ4n) is 3.25. The highest BCUT2D eigenvalue weighted by molar-refractivity contribution is 7.92. The Morgan fingerprint density at radius 1 is 0.939 bits per heavy atom. The van der Waals surface area contributed by atoms with Crippen molar-refractivity contribution >= 4 is 27.5 Å². The van der Waals surface area contributed by atoms with E-state index in [1.165, 1.54) is 36.7 Å². The molecule has 0 aliphatic heterocycles. The summed E-state index contributed by atoms with van der Waals surface area (Å²) >= 11 is 0. The van der Waals surface area contributed by atoms with Gasteiger partial charge >= 0.3 is 0 Å². The SMILES string of the molecule is O=C(NC(Cc1ccccc1)C(=O)NC1CC1)c1ccc(S(=O)(=O)Nc2ccncc2)cc1. The Bertz CT molecular complexity index is 1210. The number of hydrogen-bond acceptors (Lipinski definition) is 5. The molecule has 1 atom stereocenters. The summed E-state index contributed by atoms with van der Waals surface area (Å²) in [5, 5.41) is 5.73. The van der Waals surface area contributed by atoms with Gasteiger partial charge in [-0.15, -0.1) is 0 Å². The van der Waals surface area contributed by atoms with Crippen LogP contribution in [0.4, 0.5) is 5.69 Å². The van der Waals surface area contributed by atoms with Gasteiger partial charge in [-0.25, -0.2) is 8.42 Å². The van der Waals surface area contributed by atoms with Gasteiger partial charge in [-0.3, -0.25) is 19.3 Å². The molecule has 4 rings (SSSR count). The normalized spacial score (nSPS) is 14.2. The molecular formula is C24H24N4O4S. The Balaban J connectivity index is 1.45. The lowest BCUT2D eigenvalue weighted by molar-refractivity contribution is -0.123. The molecule has 3 N–H and O–H groups in total. The van der Waals surface area contributed by atoms with E-state index in [0.717, 1.165) is 18.4 Å². The smallest absolute Gasteiger partial charge is 0.261 e. The molecule has 1 aromatic heterocycles. The minimum Gasteiger partial charge on any atom is -0.352 e. The number of pyridine rings is 1. The first kappa shape index (κ1) is 22.5. The summed E-state index contributed by atoms with van der Waals surface area (Å²) in [6, 6.07) is 17.5. The van der Waals surface area contributed by atoms with E-state index in [1.54, 1.807) is 12.1 Å². The molecule has 3 aromatic rings. The second-order valence-electron chi connectivity index (χ2n) is 7.86. The van der Waals surface area contributed by atoms with Gasteiger partial charge in [0.15, 0.2) is 0 Å². The number of rotatable bonds is 9. The van der Waals surface area contributed by atoms with E-state index in [-0.39, 0.29) is 22.4 Å². The van der Waals surface area contributed by atoms with Gasteiger partial charge in [-0.2, -0.15) is 0 Å². The Kier molecular flexibility index (Phi) is 6.69. The number of benzene rings is 2. The molecule has 33 heavy (non-hydrogen) atoms. The van der Waals surface area contributed by atoms with Gasteiger partial charge in [0.1, 0.15) is 6.04 Å². The number of anilines is 1. The van der Waals surface area contributed by atoms with Crippen LogP contribution in [0.3, 0.4) is 0 Å². The van der Waals surface area contributed by atoms with Crippen molar-refractivity contribution in [3.05, 3.63) is 90.3 Å². The molecular weight excluding hydrogens is 440 g/mol. The number of nitrogens with one attached hydrogen (secondary N) is 3. The first-order valence-electron chi connectivity index (χ1n) is 10.6. The Labute approximate surface area is 192 Å². The summed E-state index contributed by atoms with van der Waals surface area (Å²) in [5.41, 5.74) is 1.57. The van der Waals surface area contributed by atoms with Gasteiger partial charge < -0.3 is 10.6 Å². The molecule has 8 nitrogen and oxygen atoms in total. The zero-order valence-electron chi connectivity index (χ0n) is 17.8. The van der Waals surface area contributed by atoms with Gasteiger partial charge in [-0.05, 0) is 54.8 Å². The predicted octanol–water partition coefficient (Wildman–Crippen LogP) is 2.50. The quantitative estimate of drug-likeness (QED) is 0.450. The molecule has 1 aliphatic rings. The van der Waals surface area contributed by atoms with Crippen molar-refractivity contribution in [2.75, 3.05) is 4.72 Å². The summed E-state index contributed by atoms with van der Waals surface area (Å²) in [5.74, 6) is -0.677. The van der Waals surface area contributed by atoms with Crippen LogP contribution < -0.4 is 15.4 Å². The molecule has 0 bridgehead atoms. The summed E-state index contributed by atoms with van der Waals surface area (Å²) in [6.07, 6.45) is 5.21. The third-order valence-corrected chi connectivity index (χ3v) is 6.58. The van der Waals surface area contributed by atoms with Crippen molar-refractivity contribution in [2.24, 2.45) is 0 Å². The second-order valence-corrected chi connectivity index (χ2v) is 9.55. The van der Waals surface area contributed by atoms with Crippen LogP contribution in [-0.2, 0) is 21.2 Å². The zero-order chi connectivity index (χ0) is 23.3. The van der Waals surface area contributed by atoms with E-state index in [2.05, 4.69) is 20.3 Å².